The number of fused-ring (bicyclic) bond motifs is 18. The highest BCUT2D eigenvalue weighted by molar-refractivity contribution is 6.13. The summed E-state index contributed by atoms with van der Waals surface area (Å²) in [5.74, 6) is 0. The zero-order valence-electron chi connectivity index (χ0n) is 44.1. The van der Waals surface area contributed by atoms with Gasteiger partial charge in [0.2, 0.25) is 0 Å². The standard InChI is InChI=1S/C70H49F6N3/c1-38-17-39(2)22-50(21-38)46-7-12-57-59-14-9-48-32-65(59)78(63(57)30-46)67-34-54(56-16-11-55(69(71,72)73)36-62(56)70(74,75)76)35-68(61(67)37-77)79-64-31-47(51-23-40(3)18-41(4)24-51)8-13-58(64)60-15-10-49(33-66(60)79)53-26-43(6)20-45(29-53)27-44-19-42(5)25-52(48)28-44/h7-26,28-36H,27H2,1-6H3. The molecule has 12 aromatic rings. The van der Waals surface area contributed by atoms with Gasteiger partial charge in [-0.15, -0.1) is 0 Å². The third kappa shape index (κ3) is 8.54. The number of aromatic nitrogens is 2. The number of hydrogen-bond acceptors (Lipinski definition) is 1. The number of nitrogens with zero attached hydrogens (tertiary/aromatic N) is 3. The molecule has 0 saturated carbocycles. The molecule has 0 N–H and O–H groups in total. The first-order valence-corrected chi connectivity index (χ1v) is 26.2. The summed E-state index contributed by atoms with van der Waals surface area (Å²) in [5.41, 5.74) is 16.0. The summed E-state index contributed by atoms with van der Waals surface area (Å²) in [4.78, 5) is 0. The van der Waals surface area contributed by atoms with Crippen LogP contribution >= 0.6 is 0 Å². The highest BCUT2D eigenvalue weighted by Gasteiger charge is 2.39. The fourth-order valence-electron chi connectivity index (χ4n) is 12.5. The van der Waals surface area contributed by atoms with Crippen molar-refractivity contribution in [1.82, 2.24) is 9.13 Å². The summed E-state index contributed by atoms with van der Waals surface area (Å²) in [5, 5.41) is 15.4. The van der Waals surface area contributed by atoms with E-state index < -0.39 is 29.0 Å². The monoisotopic (exact) mass is 1050 g/mol. The van der Waals surface area contributed by atoms with E-state index in [4.69, 9.17) is 0 Å². The lowest BCUT2D eigenvalue weighted by atomic mass is 9.93. The predicted molar refractivity (Wildman–Crippen MR) is 308 cm³/mol. The molecule has 0 amide bonds. The van der Waals surface area contributed by atoms with E-state index in [9.17, 15) is 18.4 Å². The lowest BCUT2D eigenvalue weighted by molar-refractivity contribution is -0.142. The summed E-state index contributed by atoms with van der Waals surface area (Å²) in [6, 6.07) is 58.0. The molecule has 2 aromatic heterocycles. The van der Waals surface area contributed by atoms with Crippen molar-refractivity contribution in [1.29, 1.82) is 5.26 Å². The fourth-order valence-corrected chi connectivity index (χ4v) is 12.5. The van der Waals surface area contributed by atoms with Gasteiger partial charge in [-0.3, -0.25) is 0 Å². The maximum atomic E-state index is 15.6. The molecule has 1 aliphatic rings. The number of halogens is 6. The Kier molecular flexibility index (Phi) is 11.2. The SMILES string of the molecule is Cc1cc(C)cc(-c2ccc3c4ccc5cc4n(c3c2)-c2cc(-c3ccc(C(F)(F)F)cc3C(F)(F)F)cc(c2C#N)-n2c3cc(-c4cc(C)cc(C)c4)ccc3c3ccc(cc32)-c2cc(C)cc(c2)Cc2cc(C)cc-5c2)c1. The van der Waals surface area contributed by atoms with Gasteiger partial charge in [0, 0.05) is 21.5 Å². The third-order valence-electron chi connectivity index (χ3n) is 15.6. The van der Waals surface area contributed by atoms with Crippen molar-refractivity contribution < 1.29 is 26.3 Å². The molecule has 1 aliphatic heterocycles. The Labute approximate surface area is 452 Å². The normalized spacial score (nSPS) is 12.5. The maximum Gasteiger partial charge on any atom is 0.417 e. The second-order valence-electron chi connectivity index (χ2n) is 21.7. The zero-order valence-corrected chi connectivity index (χ0v) is 44.1. The van der Waals surface area contributed by atoms with Crippen LogP contribution in [0.15, 0.2) is 176 Å². The molecular formula is C70H49F6N3. The lowest BCUT2D eigenvalue weighted by Crippen LogP contribution is -2.12. The molecule has 79 heavy (non-hydrogen) atoms. The summed E-state index contributed by atoms with van der Waals surface area (Å²) in [6.45, 7) is 12.3. The van der Waals surface area contributed by atoms with Crippen LogP contribution in [0.3, 0.4) is 0 Å². The molecule has 0 saturated heterocycles. The van der Waals surface area contributed by atoms with Crippen LogP contribution in [0, 0.1) is 52.9 Å². The Morgan fingerprint density at radius 3 is 1.05 bits per heavy atom. The maximum absolute atomic E-state index is 15.6. The van der Waals surface area contributed by atoms with Gasteiger partial charge in [-0.25, -0.2) is 0 Å². The Balaban J connectivity index is 1.24. The van der Waals surface area contributed by atoms with Crippen LogP contribution in [0.5, 0.6) is 0 Å². The number of alkyl halides is 6. The van der Waals surface area contributed by atoms with Gasteiger partial charge in [0.1, 0.15) is 11.6 Å². The molecule has 3 heterocycles. The predicted octanol–water partition coefficient (Wildman–Crippen LogP) is 19.9. The van der Waals surface area contributed by atoms with Crippen molar-refractivity contribution in [3.63, 3.8) is 0 Å². The van der Waals surface area contributed by atoms with Crippen molar-refractivity contribution in [2.24, 2.45) is 0 Å². The first kappa shape index (κ1) is 49.4. The number of benzene rings is 10. The van der Waals surface area contributed by atoms with Crippen molar-refractivity contribution in [2.45, 2.75) is 60.3 Å². The second-order valence-corrected chi connectivity index (χ2v) is 21.7. The van der Waals surface area contributed by atoms with Crippen LogP contribution in [0.2, 0.25) is 0 Å². The summed E-state index contributed by atoms with van der Waals surface area (Å²) in [7, 11) is 0. The Morgan fingerprint density at radius 2 is 0.709 bits per heavy atom. The molecule has 0 fully saturated rings. The summed E-state index contributed by atoms with van der Waals surface area (Å²) >= 11 is 0. The van der Waals surface area contributed by atoms with Crippen molar-refractivity contribution in [3.8, 4) is 73.1 Å². The van der Waals surface area contributed by atoms with E-state index >= 15 is 13.2 Å². The third-order valence-corrected chi connectivity index (χ3v) is 15.6. The number of hydrogen-bond donors (Lipinski definition) is 0. The molecule has 10 aromatic carbocycles. The number of rotatable bonds is 3. The van der Waals surface area contributed by atoms with E-state index in [0.29, 0.717) is 34.6 Å². The largest absolute Gasteiger partial charge is 0.417 e. The van der Waals surface area contributed by atoms with E-state index in [1.165, 1.54) is 0 Å². The summed E-state index contributed by atoms with van der Waals surface area (Å²) < 4.78 is 94.2. The molecule has 0 unspecified atom stereocenters. The van der Waals surface area contributed by atoms with Gasteiger partial charge in [-0.2, -0.15) is 31.6 Å². The number of nitriles is 1. The van der Waals surface area contributed by atoms with E-state index in [1.807, 2.05) is 36.8 Å². The fraction of sp³-hybridized carbons (Fsp3) is 0.129. The van der Waals surface area contributed by atoms with Crippen molar-refractivity contribution in [3.05, 3.63) is 237 Å². The lowest BCUT2D eigenvalue weighted by Gasteiger charge is -2.21. The summed E-state index contributed by atoms with van der Waals surface area (Å²) in [6.07, 6.45) is -9.60. The molecule has 0 spiro atoms. The highest BCUT2D eigenvalue weighted by atomic mass is 19.4. The molecule has 9 heteroatoms. The van der Waals surface area contributed by atoms with Crippen molar-refractivity contribution in [2.75, 3.05) is 0 Å². The average Bonchev–Trinajstić information content (AvgIpc) is 3.91. The van der Waals surface area contributed by atoms with E-state index in [1.54, 1.807) is 12.1 Å². The van der Waals surface area contributed by atoms with E-state index in [2.05, 4.69) is 166 Å². The average molecular weight is 1050 g/mol. The minimum atomic E-state index is -5.21. The molecule has 0 atom stereocenters. The van der Waals surface area contributed by atoms with Crippen molar-refractivity contribution >= 4 is 43.6 Å². The molecule has 0 radical (unpaired) electrons. The topological polar surface area (TPSA) is 33.6 Å². The van der Waals surface area contributed by atoms with Gasteiger partial charge in [0.15, 0.2) is 0 Å². The van der Waals surface area contributed by atoms with Crippen LogP contribution in [0.1, 0.15) is 61.2 Å². The minimum absolute atomic E-state index is 0.0284. The Hall–Kier alpha value is -9.13. The van der Waals surface area contributed by atoms with Gasteiger partial charge in [-0.1, -0.05) is 161 Å². The molecule has 13 rings (SSSR count). The second kappa shape index (κ2) is 18.0. The van der Waals surface area contributed by atoms with E-state index in [0.717, 1.165) is 117 Å². The Morgan fingerprint density at radius 1 is 0.354 bits per heavy atom. The van der Waals surface area contributed by atoms with E-state index in [-0.39, 0.29) is 28.6 Å². The smallest absolute Gasteiger partial charge is 0.308 e. The van der Waals surface area contributed by atoms with Crippen LogP contribution in [-0.2, 0) is 18.8 Å². The number of aryl methyl sites for hydroxylation is 6. The first-order valence-electron chi connectivity index (χ1n) is 26.2. The van der Waals surface area contributed by atoms with Crippen LogP contribution in [-0.4, -0.2) is 9.13 Å². The molecule has 10 bridgehead atoms. The van der Waals surface area contributed by atoms with Gasteiger partial charge < -0.3 is 9.13 Å². The van der Waals surface area contributed by atoms with Gasteiger partial charge >= 0.3 is 12.4 Å². The minimum Gasteiger partial charge on any atom is -0.308 e. The van der Waals surface area contributed by atoms with Crippen LogP contribution < -0.4 is 0 Å². The molecule has 0 aliphatic carbocycles. The van der Waals surface area contributed by atoms with Gasteiger partial charge in [-0.05, 0) is 163 Å². The molecule has 3 nitrogen and oxygen atoms in total. The zero-order chi connectivity index (χ0) is 55.0. The quantitative estimate of drug-likeness (QED) is 0.162. The highest BCUT2D eigenvalue weighted by Crippen LogP contribution is 2.47. The van der Waals surface area contributed by atoms with Gasteiger partial charge in [0.25, 0.3) is 0 Å². The Bertz CT molecular complexity index is 4350. The van der Waals surface area contributed by atoms with Crippen LogP contribution in [0.25, 0.3) is 111 Å². The molecule has 386 valence electrons. The first-order chi connectivity index (χ1) is 37.7. The molecular weight excluding hydrogens is 997 g/mol. The van der Waals surface area contributed by atoms with Gasteiger partial charge in [0.05, 0.1) is 44.6 Å². The van der Waals surface area contributed by atoms with Crippen LogP contribution in [0.4, 0.5) is 26.3 Å².